The lowest BCUT2D eigenvalue weighted by Gasteiger charge is -2.20. The zero-order valence-corrected chi connectivity index (χ0v) is 12.6. The Hall–Kier alpha value is -2.25. The van der Waals surface area contributed by atoms with Gasteiger partial charge < -0.3 is 0 Å². The molecule has 112 valence electrons. The van der Waals surface area contributed by atoms with Gasteiger partial charge in [-0.05, 0) is 23.8 Å². The number of hydrogen-bond donors (Lipinski definition) is 0. The Morgan fingerprint density at radius 3 is 2.68 bits per heavy atom. The third-order valence-corrected chi connectivity index (χ3v) is 5.78. The molecule has 6 nitrogen and oxygen atoms in total. The van der Waals surface area contributed by atoms with Crippen LogP contribution in [0.2, 0.25) is 0 Å². The van der Waals surface area contributed by atoms with Crippen LogP contribution in [0.25, 0.3) is 5.52 Å². The Bertz CT molecular complexity index is 935. The molecule has 3 aromatic rings. The number of rotatable bonds is 2. The van der Waals surface area contributed by atoms with Crippen LogP contribution in [-0.4, -0.2) is 34.1 Å². The molecule has 7 heteroatoms. The summed E-state index contributed by atoms with van der Waals surface area (Å²) in [5.41, 5.74) is 2.70. The van der Waals surface area contributed by atoms with Gasteiger partial charge in [0.2, 0.25) is 10.0 Å². The van der Waals surface area contributed by atoms with E-state index < -0.39 is 10.0 Å². The van der Waals surface area contributed by atoms with Gasteiger partial charge in [0.05, 0.1) is 16.1 Å². The molecule has 0 bridgehead atoms. The third-order valence-electron chi connectivity index (χ3n) is 3.92. The van der Waals surface area contributed by atoms with Gasteiger partial charge in [0.1, 0.15) is 0 Å². The number of sulfonamides is 1. The topological polar surface area (TPSA) is 67.6 Å². The molecule has 0 saturated carbocycles. The van der Waals surface area contributed by atoms with Gasteiger partial charge in [-0.1, -0.05) is 29.5 Å². The fraction of sp³-hybridized carbons (Fsp3) is 0.200. The standard InChI is InChI=1S/C15H14N4O2S/c20-22(21,13-6-2-1-3-7-13)18-10-8-14-15-12(11-18)5-4-9-19(15)17-16-14/h1-7,9H,8,10-11H2. The second-order valence-corrected chi connectivity index (χ2v) is 7.20. The second-order valence-electron chi connectivity index (χ2n) is 5.26. The van der Waals surface area contributed by atoms with Gasteiger partial charge >= 0.3 is 0 Å². The number of aromatic nitrogens is 3. The van der Waals surface area contributed by atoms with Gasteiger partial charge in [-0.2, -0.15) is 4.31 Å². The summed E-state index contributed by atoms with van der Waals surface area (Å²) in [4.78, 5) is 0.322. The maximum absolute atomic E-state index is 12.8. The van der Waals surface area contributed by atoms with Gasteiger partial charge in [0.15, 0.2) is 0 Å². The predicted octanol–water partition coefficient (Wildman–Crippen LogP) is 1.48. The van der Waals surface area contributed by atoms with Crippen molar-refractivity contribution in [3.63, 3.8) is 0 Å². The molecule has 0 fully saturated rings. The maximum Gasteiger partial charge on any atom is 0.243 e. The monoisotopic (exact) mass is 314 g/mol. The zero-order chi connectivity index (χ0) is 15.2. The molecule has 1 aromatic carbocycles. The first-order valence-electron chi connectivity index (χ1n) is 7.03. The van der Waals surface area contributed by atoms with Crippen LogP contribution in [0.1, 0.15) is 11.3 Å². The number of pyridine rings is 1. The quantitative estimate of drug-likeness (QED) is 0.718. The lowest BCUT2D eigenvalue weighted by atomic mass is 10.2. The molecule has 0 aliphatic carbocycles. The minimum atomic E-state index is -3.50. The van der Waals surface area contributed by atoms with Crippen LogP contribution in [0.3, 0.4) is 0 Å². The Morgan fingerprint density at radius 1 is 1.05 bits per heavy atom. The SMILES string of the molecule is O=S(=O)(c1ccccc1)N1CCc2nnn3cccc(c23)C1. The lowest BCUT2D eigenvalue weighted by Crippen LogP contribution is -2.31. The van der Waals surface area contributed by atoms with E-state index in [0.717, 1.165) is 16.8 Å². The molecule has 3 heterocycles. The van der Waals surface area contributed by atoms with Crippen molar-refractivity contribution < 1.29 is 8.42 Å². The van der Waals surface area contributed by atoms with E-state index in [-0.39, 0.29) is 0 Å². The Labute approximate surface area is 128 Å². The maximum atomic E-state index is 12.8. The van der Waals surface area contributed by atoms with Crippen LogP contribution < -0.4 is 0 Å². The lowest BCUT2D eigenvalue weighted by molar-refractivity contribution is 0.413. The highest BCUT2D eigenvalue weighted by Crippen LogP contribution is 2.25. The first-order valence-corrected chi connectivity index (χ1v) is 8.47. The van der Waals surface area contributed by atoms with Crippen molar-refractivity contribution in [2.75, 3.05) is 6.54 Å². The van der Waals surface area contributed by atoms with Crippen molar-refractivity contribution in [2.24, 2.45) is 0 Å². The van der Waals surface area contributed by atoms with Crippen molar-refractivity contribution in [1.29, 1.82) is 0 Å². The van der Waals surface area contributed by atoms with Crippen LogP contribution in [0.15, 0.2) is 53.6 Å². The minimum Gasteiger partial charge on any atom is -0.220 e. The summed E-state index contributed by atoms with van der Waals surface area (Å²) in [6, 6.07) is 12.3. The number of hydrogen-bond acceptors (Lipinski definition) is 4. The number of benzene rings is 1. The first kappa shape index (κ1) is 13.4. The normalized spacial score (nSPS) is 15.8. The Morgan fingerprint density at radius 2 is 1.86 bits per heavy atom. The molecule has 0 unspecified atom stereocenters. The fourth-order valence-electron chi connectivity index (χ4n) is 2.83. The van der Waals surface area contributed by atoms with E-state index in [9.17, 15) is 8.42 Å². The molecular formula is C15H14N4O2S. The smallest absolute Gasteiger partial charge is 0.220 e. The van der Waals surface area contributed by atoms with Gasteiger partial charge in [-0.15, -0.1) is 5.10 Å². The van der Waals surface area contributed by atoms with Crippen molar-refractivity contribution in [3.05, 3.63) is 59.9 Å². The summed E-state index contributed by atoms with van der Waals surface area (Å²) in [5, 5.41) is 8.24. The van der Waals surface area contributed by atoms with Crippen molar-refractivity contribution >= 4 is 15.5 Å². The largest absolute Gasteiger partial charge is 0.243 e. The van der Waals surface area contributed by atoms with Crippen molar-refractivity contribution in [3.8, 4) is 0 Å². The Balaban J connectivity index is 1.79. The summed E-state index contributed by atoms with van der Waals surface area (Å²) < 4.78 is 28.9. The molecule has 1 aliphatic heterocycles. The highest BCUT2D eigenvalue weighted by molar-refractivity contribution is 7.89. The van der Waals surface area contributed by atoms with Gasteiger partial charge in [-0.25, -0.2) is 12.9 Å². The molecule has 0 radical (unpaired) electrons. The molecule has 0 spiro atoms. The van der Waals surface area contributed by atoms with Crippen LogP contribution in [-0.2, 0) is 23.0 Å². The Kier molecular flexibility index (Phi) is 2.98. The summed E-state index contributed by atoms with van der Waals surface area (Å²) in [6.07, 6.45) is 2.39. The van der Waals surface area contributed by atoms with Crippen LogP contribution in [0.5, 0.6) is 0 Å². The third kappa shape index (κ3) is 2.01. The van der Waals surface area contributed by atoms with Gasteiger partial charge in [0.25, 0.3) is 0 Å². The first-order chi connectivity index (χ1) is 10.7. The van der Waals surface area contributed by atoms with E-state index in [1.165, 1.54) is 4.31 Å². The predicted molar refractivity (Wildman–Crippen MR) is 80.7 cm³/mol. The van der Waals surface area contributed by atoms with Gasteiger partial charge in [0, 0.05) is 25.7 Å². The van der Waals surface area contributed by atoms with Crippen LogP contribution in [0.4, 0.5) is 0 Å². The van der Waals surface area contributed by atoms with E-state index >= 15 is 0 Å². The van der Waals surface area contributed by atoms with E-state index in [1.54, 1.807) is 28.8 Å². The molecule has 0 N–H and O–H groups in total. The zero-order valence-electron chi connectivity index (χ0n) is 11.8. The second kappa shape index (κ2) is 4.89. The van der Waals surface area contributed by atoms with Crippen molar-refractivity contribution in [1.82, 2.24) is 19.1 Å². The van der Waals surface area contributed by atoms with E-state index in [4.69, 9.17) is 0 Å². The number of nitrogens with zero attached hydrogens (tertiary/aromatic N) is 4. The summed E-state index contributed by atoms with van der Waals surface area (Å²) in [5.74, 6) is 0. The molecule has 0 amide bonds. The van der Waals surface area contributed by atoms with Gasteiger partial charge in [-0.3, -0.25) is 0 Å². The minimum absolute atomic E-state index is 0.322. The summed E-state index contributed by atoms with van der Waals surface area (Å²) in [6.45, 7) is 0.738. The molecule has 0 saturated heterocycles. The van der Waals surface area contributed by atoms with Crippen molar-refractivity contribution in [2.45, 2.75) is 17.9 Å². The average Bonchev–Trinajstić information content (AvgIpc) is 2.85. The summed E-state index contributed by atoms with van der Waals surface area (Å²) in [7, 11) is -3.50. The molecule has 4 rings (SSSR count). The average molecular weight is 314 g/mol. The van der Waals surface area contributed by atoms with E-state index in [2.05, 4.69) is 10.3 Å². The highest BCUT2D eigenvalue weighted by Gasteiger charge is 2.28. The van der Waals surface area contributed by atoms with E-state index in [1.807, 2.05) is 24.4 Å². The fourth-order valence-corrected chi connectivity index (χ4v) is 4.27. The van der Waals surface area contributed by atoms with Crippen LogP contribution >= 0.6 is 0 Å². The van der Waals surface area contributed by atoms with Crippen LogP contribution in [0, 0.1) is 0 Å². The summed E-state index contributed by atoms with van der Waals surface area (Å²) >= 11 is 0. The van der Waals surface area contributed by atoms with E-state index in [0.29, 0.717) is 24.4 Å². The molecule has 2 aromatic heterocycles. The molecule has 1 aliphatic rings. The molecule has 22 heavy (non-hydrogen) atoms. The molecular weight excluding hydrogens is 300 g/mol. The highest BCUT2D eigenvalue weighted by atomic mass is 32.2. The molecule has 0 atom stereocenters.